The van der Waals surface area contributed by atoms with E-state index >= 15 is 0 Å². The lowest BCUT2D eigenvalue weighted by Gasteiger charge is -2.13. The second-order valence-corrected chi connectivity index (χ2v) is 5.49. The molecule has 0 spiro atoms. The summed E-state index contributed by atoms with van der Waals surface area (Å²) in [7, 11) is 0. The Morgan fingerprint density at radius 1 is 1.29 bits per heavy atom. The highest BCUT2D eigenvalue weighted by Crippen LogP contribution is 2.27. The van der Waals surface area contributed by atoms with Gasteiger partial charge in [-0.1, -0.05) is 18.2 Å². The molecule has 0 amide bonds. The van der Waals surface area contributed by atoms with E-state index in [4.69, 9.17) is 10.3 Å². The number of aromatic nitrogens is 2. The van der Waals surface area contributed by atoms with Crippen molar-refractivity contribution < 1.29 is 4.42 Å². The average Bonchev–Trinajstić information content (AvgIpc) is 3.11. The van der Waals surface area contributed by atoms with Crippen LogP contribution in [0.5, 0.6) is 0 Å². The summed E-state index contributed by atoms with van der Waals surface area (Å²) in [5.74, 6) is 5.74. The lowest BCUT2D eigenvalue weighted by Crippen LogP contribution is -2.29. The summed E-state index contributed by atoms with van der Waals surface area (Å²) < 4.78 is 7.55. The van der Waals surface area contributed by atoms with Crippen molar-refractivity contribution in [1.29, 1.82) is 0 Å². The highest BCUT2D eigenvalue weighted by atomic mass is 16.3. The summed E-state index contributed by atoms with van der Waals surface area (Å²) in [6.45, 7) is 4.22. The lowest BCUT2D eigenvalue weighted by molar-refractivity contribution is 0.503. The number of benzene rings is 1. The highest BCUT2D eigenvalue weighted by molar-refractivity contribution is 5.81. The molecule has 1 aromatic carbocycles. The molecule has 1 unspecified atom stereocenters. The first kappa shape index (κ1) is 13.9. The van der Waals surface area contributed by atoms with Crippen molar-refractivity contribution in [2.75, 3.05) is 0 Å². The monoisotopic (exact) mass is 284 g/mol. The minimum atomic E-state index is -0.0239. The van der Waals surface area contributed by atoms with E-state index in [9.17, 15) is 0 Å². The standard InChI is InChI=1S/C16H20N4O/c1-11(2)20-8-7-12(19-20)9-15(18-17)14-10-21-16-6-4-3-5-13(14)16/h3-8,10-11,15,18H,9,17H2,1-2H3. The first-order valence-corrected chi connectivity index (χ1v) is 7.15. The smallest absolute Gasteiger partial charge is 0.134 e. The molecule has 2 heterocycles. The molecule has 0 aliphatic carbocycles. The predicted octanol–water partition coefficient (Wildman–Crippen LogP) is 2.96. The minimum absolute atomic E-state index is 0.0239. The Bertz CT molecular complexity index is 729. The van der Waals surface area contributed by atoms with E-state index in [1.54, 1.807) is 6.26 Å². The number of nitrogens with one attached hydrogen (secondary N) is 1. The number of para-hydroxylation sites is 1. The van der Waals surface area contributed by atoms with Gasteiger partial charge in [0, 0.05) is 29.6 Å². The Morgan fingerprint density at radius 3 is 2.81 bits per heavy atom. The molecule has 2 aromatic heterocycles. The molecular formula is C16H20N4O. The number of hydrogen-bond donors (Lipinski definition) is 2. The molecule has 0 saturated carbocycles. The fourth-order valence-electron chi connectivity index (χ4n) is 2.51. The van der Waals surface area contributed by atoms with Crippen LogP contribution in [-0.2, 0) is 6.42 Å². The summed E-state index contributed by atoms with van der Waals surface area (Å²) in [6, 6.07) is 10.3. The SMILES string of the molecule is CC(C)n1ccc(CC(NN)c2coc3ccccc23)n1. The Morgan fingerprint density at radius 2 is 2.10 bits per heavy atom. The Balaban J connectivity index is 1.87. The number of fused-ring (bicyclic) bond motifs is 1. The van der Waals surface area contributed by atoms with Gasteiger partial charge in [0.25, 0.3) is 0 Å². The lowest BCUT2D eigenvalue weighted by atomic mass is 10.0. The second kappa shape index (κ2) is 5.71. The number of nitrogens with two attached hydrogens (primary N) is 1. The molecular weight excluding hydrogens is 264 g/mol. The molecule has 3 rings (SSSR count). The number of hydrogen-bond acceptors (Lipinski definition) is 4. The molecule has 1 atom stereocenters. The molecule has 21 heavy (non-hydrogen) atoms. The van der Waals surface area contributed by atoms with Crippen LogP contribution < -0.4 is 11.3 Å². The van der Waals surface area contributed by atoms with Gasteiger partial charge in [-0.2, -0.15) is 5.10 Å². The largest absolute Gasteiger partial charge is 0.464 e. The molecule has 0 saturated heterocycles. The zero-order chi connectivity index (χ0) is 14.8. The van der Waals surface area contributed by atoms with E-state index in [0.29, 0.717) is 6.04 Å². The van der Waals surface area contributed by atoms with Gasteiger partial charge in [-0.25, -0.2) is 0 Å². The summed E-state index contributed by atoms with van der Waals surface area (Å²) >= 11 is 0. The van der Waals surface area contributed by atoms with E-state index in [1.807, 2.05) is 41.2 Å². The maximum atomic E-state index is 5.74. The normalized spacial score (nSPS) is 13.1. The van der Waals surface area contributed by atoms with Gasteiger partial charge < -0.3 is 4.42 Å². The van der Waals surface area contributed by atoms with Crippen molar-refractivity contribution in [3.05, 3.63) is 54.0 Å². The van der Waals surface area contributed by atoms with E-state index < -0.39 is 0 Å². The molecule has 0 aliphatic rings. The van der Waals surface area contributed by atoms with E-state index in [-0.39, 0.29) is 6.04 Å². The first-order valence-electron chi connectivity index (χ1n) is 7.15. The first-order chi connectivity index (χ1) is 10.2. The Labute approximate surface area is 123 Å². The van der Waals surface area contributed by atoms with Crippen molar-refractivity contribution in [2.24, 2.45) is 5.84 Å². The minimum Gasteiger partial charge on any atom is -0.464 e. The quantitative estimate of drug-likeness (QED) is 0.558. The van der Waals surface area contributed by atoms with Crippen molar-refractivity contribution >= 4 is 11.0 Å². The van der Waals surface area contributed by atoms with Crippen LogP contribution in [0, 0.1) is 0 Å². The molecule has 0 bridgehead atoms. The highest BCUT2D eigenvalue weighted by Gasteiger charge is 2.17. The summed E-state index contributed by atoms with van der Waals surface area (Å²) in [6.07, 6.45) is 4.50. The van der Waals surface area contributed by atoms with Crippen LogP contribution in [0.1, 0.15) is 37.2 Å². The van der Waals surface area contributed by atoms with Gasteiger partial charge in [-0.3, -0.25) is 16.0 Å². The van der Waals surface area contributed by atoms with Crippen LogP contribution in [0.15, 0.2) is 47.2 Å². The van der Waals surface area contributed by atoms with Gasteiger partial charge in [-0.15, -0.1) is 0 Å². The maximum absolute atomic E-state index is 5.74. The number of furan rings is 1. The van der Waals surface area contributed by atoms with Crippen molar-refractivity contribution in [2.45, 2.75) is 32.4 Å². The van der Waals surface area contributed by atoms with Crippen molar-refractivity contribution in [1.82, 2.24) is 15.2 Å². The molecule has 3 aromatic rings. The fourth-order valence-corrected chi connectivity index (χ4v) is 2.51. The van der Waals surface area contributed by atoms with Gasteiger partial charge in [0.15, 0.2) is 0 Å². The summed E-state index contributed by atoms with van der Waals surface area (Å²) in [4.78, 5) is 0. The molecule has 110 valence electrons. The van der Waals surface area contributed by atoms with Crippen LogP contribution in [0.4, 0.5) is 0 Å². The Hall–Kier alpha value is -2.11. The van der Waals surface area contributed by atoms with Gasteiger partial charge in [0.1, 0.15) is 5.58 Å². The average molecular weight is 284 g/mol. The van der Waals surface area contributed by atoms with Crippen LogP contribution in [0.2, 0.25) is 0 Å². The van der Waals surface area contributed by atoms with Gasteiger partial charge in [0.05, 0.1) is 18.0 Å². The van der Waals surface area contributed by atoms with Crippen LogP contribution >= 0.6 is 0 Å². The molecule has 3 N–H and O–H groups in total. The summed E-state index contributed by atoms with van der Waals surface area (Å²) in [5.41, 5.74) is 5.82. The van der Waals surface area contributed by atoms with Gasteiger partial charge >= 0.3 is 0 Å². The van der Waals surface area contributed by atoms with E-state index in [2.05, 4.69) is 24.4 Å². The predicted molar refractivity (Wildman–Crippen MR) is 82.6 cm³/mol. The van der Waals surface area contributed by atoms with Gasteiger partial charge in [-0.05, 0) is 26.0 Å². The van der Waals surface area contributed by atoms with Crippen LogP contribution in [0.3, 0.4) is 0 Å². The third-order valence-electron chi connectivity index (χ3n) is 3.69. The van der Waals surface area contributed by atoms with Crippen molar-refractivity contribution in [3.63, 3.8) is 0 Å². The number of nitrogens with zero attached hydrogens (tertiary/aromatic N) is 2. The van der Waals surface area contributed by atoms with Gasteiger partial charge in [0.2, 0.25) is 0 Å². The molecule has 0 aliphatic heterocycles. The molecule has 5 nitrogen and oxygen atoms in total. The van der Waals surface area contributed by atoms with Crippen LogP contribution in [-0.4, -0.2) is 9.78 Å². The zero-order valence-corrected chi connectivity index (χ0v) is 12.3. The van der Waals surface area contributed by atoms with E-state index in [0.717, 1.165) is 28.6 Å². The van der Waals surface area contributed by atoms with Crippen molar-refractivity contribution in [3.8, 4) is 0 Å². The molecule has 0 fully saturated rings. The fraction of sp³-hybridized carbons (Fsp3) is 0.312. The second-order valence-electron chi connectivity index (χ2n) is 5.49. The number of rotatable bonds is 5. The number of hydrazine groups is 1. The third kappa shape index (κ3) is 2.70. The van der Waals surface area contributed by atoms with Crippen LogP contribution in [0.25, 0.3) is 11.0 Å². The maximum Gasteiger partial charge on any atom is 0.134 e. The topological polar surface area (TPSA) is 69.0 Å². The molecule has 5 heteroatoms. The van der Waals surface area contributed by atoms with E-state index in [1.165, 1.54) is 0 Å². The molecule has 0 radical (unpaired) electrons. The zero-order valence-electron chi connectivity index (χ0n) is 12.3. The third-order valence-corrected chi connectivity index (χ3v) is 3.69. The summed E-state index contributed by atoms with van der Waals surface area (Å²) in [5, 5.41) is 5.66. The Kier molecular flexibility index (Phi) is 3.77.